The van der Waals surface area contributed by atoms with E-state index in [9.17, 15) is 47.9 Å². The molecule has 0 aliphatic carbocycles. The fourth-order valence-electron chi connectivity index (χ4n) is 8.25. The molecule has 0 radical (unpaired) electrons. The minimum absolute atomic E-state index is 0.0139. The van der Waals surface area contributed by atoms with Gasteiger partial charge in [0, 0.05) is 79.8 Å². The third-order valence-corrected chi connectivity index (χ3v) is 10.8. The quantitative estimate of drug-likeness (QED) is 0.129. The van der Waals surface area contributed by atoms with Crippen LogP contribution in [0.25, 0.3) is 11.0 Å². The van der Waals surface area contributed by atoms with Crippen LogP contribution in [0.15, 0.2) is 33.5 Å². The number of rotatable bonds is 17. The number of carbonyl (C=O) groups excluding carboxylic acids is 9. The van der Waals surface area contributed by atoms with Crippen molar-refractivity contribution < 1.29 is 114 Å². The van der Waals surface area contributed by atoms with Gasteiger partial charge in [0.15, 0.2) is 49.2 Å². The van der Waals surface area contributed by atoms with E-state index in [1.54, 1.807) is 13.0 Å². The first-order valence-electron chi connectivity index (χ1n) is 22.4. The van der Waals surface area contributed by atoms with Gasteiger partial charge in [-0.05, 0) is 31.5 Å². The highest BCUT2D eigenvalue weighted by Crippen LogP contribution is 2.38. The van der Waals surface area contributed by atoms with E-state index in [2.05, 4.69) is 5.32 Å². The van der Waals surface area contributed by atoms with Crippen LogP contribution in [-0.2, 0) is 105 Å². The second kappa shape index (κ2) is 24.6. The van der Waals surface area contributed by atoms with Crippen molar-refractivity contribution in [3.8, 4) is 5.75 Å². The number of hydrogen-bond donors (Lipinski definition) is 1. The first kappa shape index (κ1) is 56.2. The molecule has 0 spiro atoms. The van der Waals surface area contributed by atoms with Crippen LogP contribution in [0.1, 0.15) is 74.8 Å². The number of benzene rings is 1. The Labute approximate surface area is 410 Å². The lowest BCUT2D eigenvalue weighted by Gasteiger charge is -2.51. The van der Waals surface area contributed by atoms with Crippen LogP contribution in [0.5, 0.6) is 5.75 Å². The van der Waals surface area contributed by atoms with Gasteiger partial charge < -0.3 is 76.1 Å². The third kappa shape index (κ3) is 14.9. The van der Waals surface area contributed by atoms with E-state index < -0.39 is 165 Å². The zero-order valence-electron chi connectivity index (χ0n) is 41.1. The van der Waals surface area contributed by atoms with Crippen molar-refractivity contribution >= 4 is 64.6 Å². The Hall–Kier alpha value is -6.74. The molecule has 5 rings (SSSR count). The maximum Gasteiger partial charge on any atom is 0.336 e. The molecule has 396 valence electrons. The van der Waals surface area contributed by atoms with Gasteiger partial charge in [0.1, 0.15) is 55.0 Å². The molecule has 1 N–H and O–H groups in total. The summed E-state index contributed by atoms with van der Waals surface area (Å²) >= 11 is 0. The Balaban J connectivity index is 1.75. The van der Waals surface area contributed by atoms with Crippen molar-refractivity contribution in [3.05, 3.63) is 40.2 Å². The predicted molar refractivity (Wildman–Crippen MR) is 233 cm³/mol. The third-order valence-electron chi connectivity index (χ3n) is 10.8. The summed E-state index contributed by atoms with van der Waals surface area (Å²) in [4.78, 5) is 126. The van der Waals surface area contributed by atoms with Gasteiger partial charge in [-0.1, -0.05) is 0 Å². The normalized spacial score (nSPS) is 30.1. The summed E-state index contributed by atoms with van der Waals surface area (Å²) in [5, 5.41) is 3.22. The van der Waals surface area contributed by atoms with E-state index in [0.717, 1.165) is 62.3 Å². The molecule has 3 saturated heterocycles. The molecule has 72 heavy (non-hydrogen) atoms. The van der Waals surface area contributed by atoms with E-state index in [1.807, 2.05) is 0 Å². The smallest absolute Gasteiger partial charge is 0.336 e. The van der Waals surface area contributed by atoms with Crippen LogP contribution < -0.4 is 15.7 Å². The van der Waals surface area contributed by atoms with Crippen molar-refractivity contribution in [2.45, 2.75) is 168 Å². The summed E-state index contributed by atoms with van der Waals surface area (Å²) in [6.45, 7) is 11.1. The van der Waals surface area contributed by atoms with Gasteiger partial charge >= 0.3 is 53.4 Å². The molecule has 1 aromatic carbocycles. The van der Waals surface area contributed by atoms with Gasteiger partial charge in [-0.25, -0.2) is 4.79 Å². The first-order valence-corrected chi connectivity index (χ1v) is 22.4. The number of hydrogen-bond acceptors (Lipinski definition) is 25. The number of fused-ring (bicyclic) bond motifs is 1. The number of ether oxygens (including phenoxy) is 14. The molecule has 15 unspecified atom stereocenters. The van der Waals surface area contributed by atoms with Crippen LogP contribution in [0.4, 0.5) is 0 Å². The van der Waals surface area contributed by atoms with Gasteiger partial charge in [0.25, 0.3) is 0 Å². The Kier molecular flexibility index (Phi) is 19.2. The average molecular weight is 1020 g/mol. The molecular formula is C46H57NO25. The lowest BCUT2D eigenvalue weighted by Crippen LogP contribution is -2.71. The van der Waals surface area contributed by atoms with Crippen molar-refractivity contribution in [2.24, 2.45) is 0 Å². The highest BCUT2D eigenvalue weighted by atomic mass is 16.8. The molecule has 1 amide bonds. The van der Waals surface area contributed by atoms with Gasteiger partial charge in [-0.2, -0.15) is 0 Å². The number of aryl methyl sites for hydroxylation is 1. The maximum absolute atomic E-state index is 13.3. The molecular weight excluding hydrogens is 966 g/mol. The second-order valence-electron chi connectivity index (χ2n) is 16.8. The SMILES string of the molecule is CC(=O)NC1C(Oc2ccc3c(C)cc(=O)oc3c2)OC(COC(C)=O)C(OC2OC(COC(C)=O)C(OC(C)=O)C(OC(C)=O)C2OC(C)=O)C1OC1OC(C)C(OC(C)=O)C(OC(C)=O)C1OC(C)=O. The van der Waals surface area contributed by atoms with E-state index in [1.165, 1.54) is 25.1 Å². The summed E-state index contributed by atoms with van der Waals surface area (Å²) in [5.41, 5.74) is -0.0144. The Morgan fingerprint density at radius 2 is 0.958 bits per heavy atom. The van der Waals surface area contributed by atoms with Gasteiger partial charge in [0.05, 0.1) is 6.10 Å². The molecule has 1 aromatic heterocycles. The van der Waals surface area contributed by atoms with Crippen molar-refractivity contribution in [3.63, 3.8) is 0 Å². The minimum Gasteiger partial charge on any atom is -0.463 e. The van der Waals surface area contributed by atoms with Crippen LogP contribution >= 0.6 is 0 Å². The minimum atomic E-state index is -1.98. The van der Waals surface area contributed by atoms with Crippen LogP contribution in [0, 0.1) is 6.92 Å². The lowest BCUT2D eigenvalue weighted by atomic mass is 9.94. The average Bonchev–Trinajstić information content (AvgIpc) is 3.24. The second-order valence-corrected chi connectivity index (χ2v) is 16.8. The van der Waals surface area contributed by atoms with Crippen LogP contribution in [0.3, 0.4) is 0 Å². The number of amides is 1. The fraction of sp³-hybridized carbons (Fsp3) is 0.609. The molecule has 0 bridgehead atoms. The maximum atomic E-state index is 13.3. The van der Waals surface area contributed by atoms with E-state index in [0.29, 0.717) is 10.9 Å². The van der Waals surface area contributed by atoms with Crippen molar-refractivity contribution in [1.82, 2.24) is 5.32 Å². The molecule has 4 heterocycles. The standard InChI is InChI=1S/C46H57NO25/c1-18-14-34(57)68-31-15-29(12-13-30(18)31)67-44-35(47-20(3)48)39(72-45-42(65-27(10)55)40(63-25(8)53)36(19(2)60-45)61-23(6)51)37(32(69-44)16-58-21(4)49)71-46-43(66-28(11)56)41(64-26(9)54)38(62-24(7)52)33(70-46)17-59-22(5)50/h12-15,19,32-33,35-46H,16-17H2,1-11H3,(H,47,48). The molecule has 3 fully saturated rings. The largest absolute Gasteiger partial charge is 0.463 e. The van der Waals surface area contributed by atoms with Crippen molar-refractivity contribution in [1.29, 1.82) is 0 Å². The molecule has 3 aliphatic rings. The summed E-state index contributed by atoms with van der Waals surface area (Å²) in [5.74, 6) is -8.04. The highest BCUT2D eigenvalue weighted by molar-refractivity contribution is 5.81. The van der Waals surface area contributed by atoms with Crippen molar-refractivity contribution in [2.75, 3.05) is 13.2 Å². The number of carbonyl (C=O) groups is 9. The first-order chi connectivity index (χ1) is 33.8. The Morgan fingerprint density at radius 1 is 0.514 bits per heavy atom. The van der Waals surface area contributed by atoms with E-state index in [4.69, 9.17) is 70.7 Å². The molecule has 26 heteroatoms. The fourth-order valence-corrected chi connectivity index (χ4v) is 8.25. The number of nitrogens with one attached hydrogen (secondary N) is 1. The van der Waals surface area contributed by atoms with E-state index >= 15 is 0 Å². The zero-order valence-corrected chi connectivity index (χ0v) is 41.1. The topological polar surface area (TPSA) is 325 Å². The molecule has 3 aliphatic heterocycles. The van der Waals surface area contributed by atoms with Crippen LogP contribution in [-0.4, -0.2) is 159 Å². The summed E-state index contributed by atoms with van der Waals surface area (Å²) in [7, 11) is 0. The summed E-state index contributed by atoms with van der Waals surface area (Å²) in [6.07, 6.45) is -23.6. The van der Waals surface area contributed by atoms with Gasteiger partial charge in [-0.3, -0.25) is 43.2 Å². The van der Waals surface area contributed by atoms with Gasteiger partial charge in [-0.15, -0.1) is 0 Å². The summed E-state index contributed by atoms with van der Waals surface area (Å²) < 4.78 is 88.3. The zero-order chi connectivity index (χ0) is 53.3. The highest BCUT2D eigenvalue weighted by Gasteiger charge is 2.59. The molecule has 2 aromatic rings. The predicted octanol–water partition coefficient (Wildman–Crippen LogP) is 0.666. The molecule has 15 atom stereocenters. The van der Waals surface area contributed by atoms with E-state index in [-0.39, 0.29) is 11.3 Å². The van der Waals surface area contributed by atoms with Crippen LogP contribution in [0.2, 0.25) is 0 Å². The molecule has 26 nitrogen and oxygen atoms in total. The Bertz CT molecular complexity index is 2420. The van der Waals surface area contributed by atoms with Gasteiger partial charge in [0.2, 0.25) is 12.2 Å². The monoisotopic (exact) mass is 1020 g/mol. The lowest BCUT2D eigenvalue weighted by molar-refractivity contribution is -0.369. The summed E-state index contributed by atoms with van der Waals surface area (Å²) in [6, 6.07) is 4.08. The Morgan fingerprint density at radius 3 is 1.47 bits per heavy atom. The number of esters is 8. The molecule has 0 saturated carbocycles.